The molecule has 2 aliphatic rings. The van der Waals surface area contributed by atoms with Crippen molar-refractivity contribution in [3.8, 4) is 39.5 Å². The second-order valence-electron chi connectivity index (χ2n) is 17.4. The van der Waals surface area contributed by atoms with Crippen LogP contribution in [0.4, 0.5) is 0 Å². The van der Waals surface area contributed by atoms with E-state index in [1.165, 1.54) is 55.3 Å². The van der Waals surface area contributed by atoms with Crippen molar-refractivity contribution in [3.05, 3.63) is 168 Å². The number of hydrogen-bond acceptors (Lipinski definition) is 1. The van der Waals surface area contributed by atoms with Crippen molar-refractivity contribution in [2.45, 2.75) is 52.5 Å². The zero-order chi connectivity index (χ0) is 38.1. The number of hydrogen-bond donors (Lipinski definition) is 0. The van der Waals surface area contributed by atoms with Crippen LogP contribution in [0.15, 0.2) is 150 Å². The summed E-state index contributed by atoms with van der Waals surface area (Å²) < 4.78 is 14.9. The molecule has 9 aromatic rings. The molecule has 5 heteroatoms. The molecule has 0 N–H and O–H groups in total. The number of aryl methyl sites for hydroxylation is 1. The Labute approximate surface area is 328 Å². The standard InChI is InChI=1S/C51H45N3OSi/c1-32(2)28-35-30-45-39-29-33(3)24-26-40(39)51(52(45)31-47(35)56(4,5)6)41-27-25-38-37-19-11-15-23-46(37)55-49(38)48(41)50-53(43-21-13-14-22-44(43)54(50)51)42-20-12-10-18-36(42)34-16-8-7-9-17-34/h7-27,29-32H,28H2,1-6H3/q+2. The molecule has 11 rings (SSSR count). The first-order chi connectivity index (χ1) is 27.2. The Morgan fingerprint density at radius 1 is 0.714 bits per heavy atom. The lowest BCUT2D eigenvalue weighted by molar-refractivity contribution is -0.944. The number of aromatic nitrogens is 3. The van der Waals surface area contributed by atoms with Crippen LogP contribution in [0.25, 0.3) is 72.4 Å². The molecule has 0 fully saturated rings. The second-order valence-corrected chi connectivity index (χ2v) is 22.4. The fourth-order valence-corrected chi connectivity index (χ4v) is 11.7. The van der Waals surface area contributed by atoms with Gasteiger partial charge in [-0.05, 0) is 78.9 Å². The maximum atomic E-state index is 7.06. The molecule has 1 atom stereocenters. The van der Waals surface area contributed by atoms with Gasteiger partial charge in [0.25, 0.3) is 0 Å². The van der Waals surface area contributed by atoms with E-state index in [2.05, 4.69) is 200 Å². The van der Waals surface area contributed by atoms with Crippen LogP contribution in [-0.2, 0) is 12.1 Å². The van der Waals surface area contributed by atoms with Gasteiger partial charge in [0.2, 0.25) is 5.69 Å². The molecule has 0 aliphatic carbocycles. The van der Waals surface area contributed by atoms with Crippen molar-refractivity contribution in [2.75, 3.05) is 0 Å². The van der Waals surface area contributed by atoms with Crippen molar-refractivity contribution in [3.63, 3.8) is 0 Å². The normalized spacial score (nSPS) is 15.6. The third-order valence-corrected chi connectivity index (χ3v) is 14.3. The van der Waals surface area contributed by atoms with Crippen LogP contribution in [0.5, 0.6) is 0 Å². The highest BCUT2D eigenvalue weighted by Gasteiger charge is 2.67. The summed E-state index contributed by atoms with van der Waals surface area (Å²) in [5, 5.41) is 3.80. The number of pyridine rings is 1. The third-order valence-electron chi connectivity index (χ3n) is 12.3. The third kappa shape index (κ3) is 4.40. The molecule has 1 unspecified atom stereocenters. The van der Waals surface area contributed by atoms with E-state index in [0.29, 0.717) is 5.92 Å². The van der Waals surface area contributed by atoms with Crippen molar-refractivity contribution in [1.29, 1.82) is 0 Å². The van der Waals surface area contributed by atoms with Gasteiger partial charge in [0.05, 0.1) is 24.8 Å². The van der Waals surface area contributed by atoms with E-state index in [1.807, 2.05) is 0 Å². The Balaban J connectivity index is 1.38. The van der Waals surface area contributed by atoms with Gasteiger partial charge in [0.1, 0.15) is 16.8 Å². The molecule has 272 valence electrons. The summed E-state index contributed by atoms with van der Waals surface area (Å²) in [5.74, 6) is 1.68. The Bertz CT molecular complexity index is 3090. The van der Waals surface area contributed by atoms with Crippen LogP contribution in [0, 0.1) is 12.8 Å². The first-order valence-corrected chi connectivity index (χ1v) is 23.5. The van der Waals surface area contributed by atoms with Crippen LogP contribution < -0.4 is 14.3 Å². The van der Waals surface area contributed by atoms with Crippen LogP contribution >= 0.6 is 0 Å². The lowest BCUT2D eigenvalue weighted by atomic mass is 9.88. The molecule has 2 aliphatic heterocycles. The van der Waals surface area contributed by atoms with Crippen LogP contribution in [0.2, 0.25) is 19.6 Å². The minimum absolute atomic E-state index is 0.553. The lowest BCUT2D eigenvalue weighted by Crippen LogP contribution is -2.72. The van der Waals surface area contributed by atoms with E-state index in [0.717, 1.165) is 51.0 Å². The minimum Gasteiger partial charge on any atom is -0.455 e. The van der Waals surface area contributed by atoms with Gasteiger partial charge in [-0.2, -0.15) is 4.57 Å². The smallest absolute Gasteiger partial charge is 0.364 e. The van der Waals surface area contributed by atoms with Crippen LogP contribution in [0.1, 0.15) is 36.1 Å². The van der Waals surface area contributed by atoms with Gasteiger partial charge in [-0.1, -0.05) is 124 Å². The van der Waals surface area contributed by atoms with E-state index < -0.39 is 13.7 Å². The van der Waals surface area contributed by atoms with Crippen molar-refractivity contribution in [2.24, 2.45) is 5.92 Å². The molecule has 3 aromatic heterocycles. The summed E-state index contributed by atoms with van der Waals surface area (Å²) in [6.07, 6.45) is 3.64. The number of furan rings is 1. The zero-order valence-electron chi connectivity index (χ0n) is 32.9. The SMILES string of the molecule is Cc1ccc2c(c1)-c1cc(CC(C)C)c([Si](C)(C)C)c[n+]1C21c2ccc3c(oc4ccccc43)c2-c2n(-c3ccccc3-c3ccccc3)c3ccccc3[n+]21. The van der Waals surface area contributed by atoms with Gasteiger partial charge in [-0.25, -0.2) is 0 Å². The predicted octanol–water partition coefficient (Wildman–Crippen LogP) is 11.1. The van der Waals surface area contributed by atoms with Gasteiger partial charge in [-0.15, -0.1) is 9.13 Å². The summed E-state index contributed by atoms with van der Waals surface area (Å²) >= 11 is 0. The van der Waals surface area contributed by atoms with Crippen LogP contribution in [-0.4, -0.2) is 12.6 Å². The second kappa shape index (κ2) is 11.7. The van der Waals surface area contributed by atoms with E-state index >= 15 is 0 Å². The first kappa shape index (κ1) is 33.3. The van der Waals surface area contributed by atoms with Crippen molar-refractivity contribution >= 4 is 46.2 Å². The number of rotatable bonds is 5. The van der Waals surface area contributed by atoms with E-state index in [9.17, 15) is 0 Å². The van der Waals surface area contributed by atoms with Crippen molar-refractivity contribution < 1.29 is 13.6 Å². The topological polar surface area (TPSA) is 25.8 Å². The van der Waals surface area contributed by atoms with E-state index in [1.54, 1.807) is 0 Å². The highest BCUT2D eigenvalue weighted by atomic mass is 28.3. The molecule has 0 bridgehead atoms. The van der Waals surface area contributed by atoms with Crippen LogP contribution in [0.3, 0.4) is 0 Å². The molecule has 1 spiro atoms. The number of para-hydroxylation sites is 4. The zero-order valence-corrected chi connectivity index (χ0v) is 33.9. The van der Waals surface area contributed by atoms with Gasteiger partial charge in [-0.3, -0.25) is 0 Å². The predicted molar refractivity (Wildman–Crippen MR) is 232 cm³/mol. The number of benzene rings is 6. The fraction of sp³-hybridized carbons (Fsp3) is 0.176. The van der Waals surface area contributed by atoms with E-state index in [-0.39, 0.29) is 0 Å². The fourth-order valence-electron chi connectivity index (χ4n) is 10.1. The van der Waals surface area contributed by atoms with E-state index in [4.69, 9.17) is 4.42 Å². The Kier molecular flexibility index (Phi) is 6.98. The number of fused-ring (bicyclic) bond motifs is 16. The molecule has 4 nitrogen and oxygen atoms in total. The Morgan fingerprint density at radius 3 is 2.27 bits per heavy atom. The maximum Gasteiger partial charge on any atom is 0.364 e. The number of imidazole rings is 1. The Morgan fingerprint density at radius 2 is 1.45 bits per heavy atom. The van der Waals surface area contributed by atoms with Crippen molar-refractivity contribution in [1.82, 2.24) is 4.57 Å². The molecule has 0 saturated carbocycles. The monoisotopic (exact) mass is 743 g/mol. The molecule has 5 heterocycles. The molecule has 6 aromatic carbocycles. The van der Waals surface area contributed by atoms with Gasteiger partial charge in [0, 0.05) is 27.6 Å². The summed E-state index contributed by atoms with van der Waals surface area (Å²) in [6, 6.07) is 51.6. The summed E-state index contributed by atoms with van der Waals surface area (Å²) in [4.78, 5) is 0. The quantitative estimate of drug-likeness (QED) is 0.127. The molecule has 0 saturated heterocycles. The number of nitrogens with zero attached hydrogens (tertiary/aromatic N) is 3. The summed E-state index contributed by atoms with van der Waals surface area (Å²) in [6.45, 7) is 14.4. The molecule has 0 amide bonds. The van der Waals surface area contributed by atoms with Gasteiger partial charge in [0.15, 0.2) is 22.8 Å². The van der Waals surface area contributed by atoms with Gasteiger partial charge < -0.3 is 4.42 Å². The molecular formula is C51H45N3OSi+2. The van der Waals surface area contributed by atoms with Gasteiger partial charge >= 0.3 is 11.5 Å². The highest BCUT2D eigenvalue weighted by Crippen LogP contribution is 2.53. The first-order valence-electron chi connectivity index (χ1n) is 20.0. The summed E-state index contributed by atoms with van der Waals surface area (Å²) in [5.41, 5.74) is 16.0. The molecule has 0 radical (unpaired) electrons. The Hall–Kier alpha value is -6.04. The molecule has 56 heavy (non-hydrogen) atoms. The largest absolute Gasteiger partial charge is 0.455 e. The summed E-state index contributed by atoms with van der Waals surface area (Å²) in [7, 11) is -1.82. The average Bonchev–Trinajstić information content (AvgIpc) is 3.90. The maximum absolute atomic E-state index is 7.06. The molecular weight excluding hydrogens is 699 g/mol. The minimum atomic E-state index is -1.82. The lowest BCUT2D eigenvalue weighted by Gasteiger charge is -2.24. The average molecular weight is 744 g/mol. The highest BCUT2D eigenvalue weighted by molar-refractivity contribution is 6.89.